The molecule has 6 nitrogen and oxygen atoms in total. The van der Waals surface area contributed by atoms with Gasteiger partial charge in [-0.05, 0) is 43.9 Å². The van der Waals surface area contributed by atoms with E-state index in [0.717, 1.165) is 17.7 Å². The highest BCUT2D eigenvalue weighted by molar-refractivity contribution is 5.87. The second-order valence-corrected chi connectivity index (χ2v) is 6.18. The number of nitrogens with one attached hydrogen (secondary N) is 3. The predicted molar refractivity (Wildman–Crippen MR) is 88.4 cm³/mol. The minimum absolute atomic E-state index is 0.123. The number of hydrogen-bond acceptors (Lipinski definition) is 3. The summed E-state index contributed by atoms with van der Waals surface area (Å²) in [5, 5.41) is 8.30. The van der Waals surface area contributed by atoms with Crippen molar-refractivity contribution in [1.29, 1.82) is 0 Å². The first-order chi connectivity index (χ1) is 11.0. The Balaban J connectivity index is 1.77. The molecular formula is C17H25N3O3. The van der Waals surface area contributed by atoms with Crippen molar-refractivity contribution in [2.24, 2.45) is 5.92 Å². The lowest BCUT2D eigenvalue weighted by atomic mass is 9.94. The number of urea groups is 1. The fourth-order valence-electron chi connectivity index (χ4n) is 2.54. The molecule has 0 radical (unpaired) electrons. The highest BCUT2D eigenvalue weighted by Crippen LogP contribution is 2.13. The first-order valence-electron chi connectivity index (χ1n) is 8.00. The highest BCUT2D eigenvalue weighted by atomic mass is 16.5. The topological polar surface area (TPSA) is 79.5 Å². The summed E-state index contributed by atoms with van der Waals surface area (Å²) in [6.07, 6.45) is 0.864. The molecule has 0 bridgehead atoms. The van der Waals surface area contributed by atoms with Gasteiger partial charge in [0, 0.05) is 6.54 Å². The molecule has 1 aliphatic rings. The molecule has 126 valence electrons. The van der Waals surface area contributed by atoms with Crippen LogP contribution < -0.4 is 20.7 Å². The summed E-state index contributed by atoms with van der Waals surface area (Å²) in [7, 11) is 0. The van der Waals surface area contributed by atoms with E-state index >= 15 is 0 Å². The number of amides is 3. The van der Waals surface area contributed by atoms with Crippen LogP contribution in [0.3, 0.4) is 0 Å². The van der Waals surface area contributed by atoms with Crippen LogP contribution in [0.15, 0.2) is 24.3 Å². The van der Waals surface area contributed by atoms with E-state index in [0.29, 0.717) is 13.2 Å². The lowest BCUT2D eigenvalue weighted by Crippen LogP contribution is -2.57. The molecule has 0 unspecified atom stereocenters. The molecule has 1 aromatic rings. The van der Waals surface area contributed by atoms with Gasteiger partial charge in [0.15, 0.2) is 0 Å². The molecule has 1 aromatic carbocycles. The Bertz CT molecular complexity index is 562. The second kappa shape index (κ2) is 7.85. The number of piperidine rings is 1. The molecule has 3 atom stereocenters. The molecule has 3 amide bonds. The normalized spacial score (nSPS) is 22.0. The van der Waals surface area contributed by atoms with Gasteiger partial charge in [-0.1, -0.05) is 19.1 Å². The summed E-state index contributed by atoms with van der Waals surface area (Å²) in [4.78, 5) is 23.8. The van der Waals surface area contributed by atoms with Crippen LogP contribution in [0.1, 0.15) is 25.8 Å². The van der Waals surface area contributed by atoms with Crippen molar-refractivity contribution in [1.82, 2.24) is 16.0 Å². The third kappa shape index (κ3) is 5.16. The average molecular weight is 319 g/mol. The van der Waals surface area contributed by atoms with E-state index in [-0.39, 0.29) is 23.9 Å². The van der Waals surface area contributed by atoms with Crippen molar-refractivity contribution in [2.75, 3.05) is 13.2 Å². The summed E-state index contributed by atoms with van der Waals surface area (Å²) < 4.78 is 5.66. The zero-order chi connectivity index (χ0) is 16.8. The molecular weight excluding hydrogens is 294 g/mol. The lowest BCUT2D eigenvalue weighted by molar-refractivity contribution is -0.125. The summed E-state index contributed by atoms with van der Waals surface area (Å²) in [6, 6.07) is 6.76. The average Bonchev–Trinajstić information content (AvgIpc) is 2.49. The second-order valence-electron chi connectivity index (χ2n) is 6.18. The predicted octanol–water partition coefficient (Wildman–Crippen LogP) is 1.59. The van der Waals surface area contributed by atoms with Crippen LogP contribution in [-0.4, -0.2) is 37.2 Å². The number of hydrogen-bond donors (Lipinski definition) is 3. The summed E-state index contributed by atoms with van der Waals surface area (Å²) in [6.45, 7) is 6.86. The molecule has 1 saturated heterocycles. The molecule has 0 aliphatic carbocycles. The largest absolute Gasteiger partial charge is 0.491 e. The van der Waals surface area contributed by atoms with Gasteiger partial charge in [0.05, 0.1) is 6.04 Å². The molecule has 0 saturated carbocycles. The molecule has 23 heavy (non-hydrogen) atoms. The van der Waals surface area contributed by atoms with E-state index in [2.05, 4.69) is 16.0 Å². The van der Waals surface area contributed by atoms with Gasteiger partial charge in [0.1, 0.15) is 18.4 Å². The van der Waals surface area contributed by atoms with Crippen molar-refractivity contribution >= 4 is 11.9 Å². The first-order valence-corrected chi connectivity index (χ1v) is 8.00. The number of aryl methyl sites for hydroxylation is 1. The Morgan fingerprint density at radius 1 is 1.48 bits per heavy atom. The number of carbonyl (C=O) groups excluding carboxylic acids is 2. The van der Waals surface area contributed by atoms with E-state index in [1.54, 1.807) is 0 Å². The Hall–Kier alpha value is -2.24. The smallest absolute Gasteiger partial charge is 0.315 e. The SMILES string of the molecule is Cc1cccc(OC[C@H](C)NC(=O)N[C@H]2C(=O)NCC[C@H]2C)c1. The fourth-order valence-corrected chi connectivity index (χ4v) is 2.54. The third-order valence-electron chi connectivity index (χ3n) is 3.90. The molecule has 0 spiro atoms. The van der Waals surface area contributed by atoms with Crippen molar-refractivity contribution < 1.29 is 14.3 Å². The van der Waals surface area contributed by atoms with Crippen LogP contribution in [0.5, 0.6) is 5.75 Å². The van der Waals surface area contributed by atoms with Gasteiger partial charge in [-0.2, -0.15) is 0 Å². The van der Waals surface area contributed by atoms with Gasteiger partial charge in [-0.15, -0.1) is 0 Å². The molecule has 1 fully saturated rings. The molecule has 6 heteroatoms. The molecule has 3 N–H and O–H groups in total. The molecule has 2 rings (SSSR count). The summed E-state index contributed by atoms with van der Waals surface area (Å²) in [5.41, 5.74) is 1.12. The Kier molecular flexibility index (Phi) is 5.84. The van der Waals surface area contributed by atoms with Gasteiger partial charge < -0.3 is 20.7 Å². The van der Waals surface area contributed by atoms with Crippen LogP contribution in [0.25, 0.3) is 0 Å². The summed E-state index contributed by atoms with van der Waals surface area (Å²) >= 11 is 0. The monoisotopic (exact) mass is 319 g/mol. The van der Waals surface area contributed by atoms with Crippen LogP contribution in [-0.2, 0) is 4.79 Å². The van der Waals surface area contributed by atoms with Gasteiger partial charge >= 0.3 is 6.03 Å². The van der Waals surface area contributed by atoms with E-state index in [1.165, 1.54) is 0 Å². The van der Waals surface area contributed by atoms with Crippen LogP contribution in [0.4, 0.5) is 4.79 Å². The molecule has 1 aliphatic heterocycles. The zero-order valence-electron chi connectivity index (χ0n) is 13.9. The van der Waals surface area contributed by atoms with Gasteiger partial charge in [-0.25, -0.2) is 4.79 Å². The first kappa shape index (κ1) is 17.1. The van der Waals surface area contributed by atoms with Crippen LogP contribution >= 0.6 is 0 Å². The Labute approximate surface area is 137 Å². The summed E-state index contributed by atoms with van der Waals surface area (Å²) in [5.74, 6) is 0.787. The van der Waals surface area contributed by atoms with Crippen LogP contribution in [0.2, 0.25) is 0 Å². The minimum atomic E-state index is -0.478. The van der Waals surface area contributed by atoms with E-state index < -0.39 is 6.04 Å². The van der Waals surface area contributed by atoms with Gasteiger partial charge in [0.25, 0.3) is 0 Å². The van der Waals surface area contributed by atoms with E-state index in [1.807, 2.05) is 45.0 Å². The maximum Gasteiger partial charge on any atom is 0.315 e. The van der Waals surface area contributed by atoms with Crippen molar-refractivity contribution in [3.8, 4) is 5.75 Å². The third-order valence-corrected chi connectivity index (χ3v) is 3.90. The molecule has 1 heterocycles. The minimum Gasteiger partial charge on any atom is -0.491 e. The Morgan fingerprint density at radius 2 is 2.26 bits per heavy atom. The lowest BCUT2D eigenvalue weighted by Gasteiger charge is -2.29. The fraction of sp³-hybridized carbons (Fsp3) is 0.529. The standard InChI is InChI=1S/C17H25N3O3/c1-11-5-4-6-14(9-11)23-10-13(3)19-17(22)20-15-12(2)7-8-18-16(15)21/h4-6,9,12-13,15H,7-8,10H2,1-3H3,(H,18,21)(H2,19,20,22)/t12-,13+,15-/m1/s1. The van der Waals surface area contributed by atoms with Gasteiger partial charge in [0.2, 0.25) is 5.91 Å². The van der Waals surface area contributed by atoms with Crippen molar-refractivity contribution in [3.05, 3.63) is 29.8 Å². The number of benzene rings is 1. The Morgan fingerprint density at radius 3 is 2.96 bits per heavy atom. The number of ether oxygens (including phenoxy) is 1. The maximum atomic E-state index is 12.0. The van der Waals surface area contributed by atoms with Crippen molar-refractivity contribution in [2.45, 2.75) is 39.3 Å². The van der Waals surface area contributed by atoms with Crippen LogP contribution in [0, 0.1) is 12.8 Å². The van der Waals surface area contributed by atoms with Crippen molar-refractivity contribution in [3.63, 3.8) is 0 Å². The van der Waals surface area contributed by atoms with E-state index in [9.17, 15) is 9.59 Å². The maximum absolute atomic E-state index is 12.0. The van der Waals surface area contributed by atoms with E-state index in [4.69, 9.17) is 4.74 Å². The zero-order valence-corrected chi connectivity index (χ0v) is 13.9. The number of carbonyl (C=O) groups is 2. The highest BCUT2D eigenvalue weighted by Gasteiger charge is 2.30. The number of rotatable bonds is 5. The molecule has 0 aromatic heterocycles. The quantitative estimate of drug-likeness (QED) is 0.771. The van der Waals surface area contributed by atoms with Gasteiger partial charge in [-0.3, -0.25) is 4.79 Å².